The van der Waals surface area contributed by atoms with E-state index in [4.69, 9.17) is 0 Å². The normalized spacial score (nSPS) is 18.9. The minimum absolute atomic E-state index is 0.225. The van der Waals surface area contributed by atoms with Crippen LogP contribution in [0.5, 0.6) is 0 Å². The molecule has 0 fully saturated rings. The van der Waals surface area contributed by atoms with Crippen molar-refractivity contribution < 1.29 is 9.53 Å². The predicted octanol–water partition coefficient (Wildman–Crippen LogP) is 0.343. The second-order valence-corrected chi connectivity index (χ2v) is 3.71. The number of carbonyl (C=O) groups excluding carboxylic acids is 1. The molecule has 15 heavy (non-hydrogen) atoms. The van der Waals surface area contributed by atoms with Crippen LogP contribution in [0.2, 0.25) is 0 Å². The lowest BCUT2D eigenvalue weighted by molar-refractivity contribution is -0.136. The summed E-state index contributed by atoms with van der Waals surface area (Å²) in [7, 11) is 3.26. The molecule has 1 heterocycles. The number of esters is 1. The van der Waals surface area contributed by atoms with E-state index in [0.29, 0.717) is 12.1 Å². The molecule has 0 aliphatic carbocycles. The maximum Gasteiger partial charge on any atom is 0.337 e. The Morgan fingerprint density at radius 3 is 2.80 bits per heavy atom. The fraction of sp³-hybridized carbons (Fsp3) is 0.600. The van der Waals surface area contributed by atoms with Crippen molar-refractivity contribution in [3.8, 4) is 0 Å². The number of likely N-dealkylation sites (N-methyl/N-ethyl adjacent to an activating group) is 1. The first-order valence-corrected chi connectivity index (χ1v) is 4.87. The number of nitrogens with one attached hydrogen (secondary N) is 1. The number of hydrogen-bond acceptors (Lipinski definition) is 3. The Bertz CT molecular complexity index is 308. The number of aliphatic imine (C=N–C) groups is 1. The second kappa shape index (κ2) is 4.82. The van der Waals surface area contributed by atoms with Crippen LogP contribution in [0.25, 0.3) is 0 Å². The van der Waals surface area contributed by atoms with Gasteiger partial charge >= 0.3 is 5.97 Å². The summed E-state index contributed by atoms with van der Waals surface area (Å²) in [5.41, 5.74) is 0.600. The summed E-state index contributed by atoms with van der Waals surface area (Å²) in [4.78, 5) is 17.5. The summed E-state index contributed by atoms with van der Waals surface area (Å²) in [5, 5.41) is 2.98. The van der Waals surface area contributed by atoms with Crippen LogP contribution in [0.15, 0.2) is 16.8 Å². The molecular formula is C10H17N3O2. The standard InChI is InChI=1S/C10H17N3O2/c1-7(2)12-10-11-5-8(6-13(10)3)9(14)15-4/h5,7H,6H2,1-4H3,(H,11,12). The second-order valence-electron chi connectivity index (χ2n) is 3.71. The molecule has 0 atom stereocenters. The van der Waals surface area contributed by atoms with E-state index >= 15 is 0 Å². The van der Waals surface area contributed by atoms with Crippen LogP contribution in [-0.2, 0) is 9.53 Å². The molecule has 0 aromatic rings. The van der Waals surface area contributed by atoms with E-state index in [1.165, 1.54) is 7.11 Å². The van der Waals surface area contributed by atoms with Crippen molar-refractivity contribution >= 4 is 11.9 Å². The predicted molar refractivity (Wildman–Crippen MR) is 58.4 cm³/mol. The minimum atomic E-state index is -0.307. The van der Waals surface area contributed by atoms with Crippen LogP contribution in [-0.4, -0.2) is 43.6 Å². The van der Waals surface area contributed by atoms with Crippen molar-refractivity contribution in [2.24, 2.45) is 4.99 Å². The van der Waals surface area contributed by atoms with Crippen LogP contribution >= 0.6 is 0 Å². The molecule has 0 spiro atoms. The van der Waals surface area contributed by atoms with E-state index in [2.05, 4.69) is 15.0 Å². The van der Waals surface area contributed by atoms with Gasteiger partial charge in [-0.25, -0.2) is 4.79 Å². The van der Waals surface area contributed by atoms with Crippen molar-refractivity contribution in [1.82, 2.24) is 10.2 Å². The Kier molecular flexibility index (Phi) is 3.71. The fourth-order valence-electron chi connectivity index (χ4n) is 1.27. The number of ether oxygens (including phenoxy) is 1. The highest BCUT2D eigenvalue weighted by molar-refractivity contribution is 5.93. The van der Waals surface area contributed by atoms with Gasteiger partial charge in [-0.15, -0.1) is 0 Å². The van der Waals surface area contributed by atoms with E-state index in [1.807, 2.05) is 25.8 Å². The van der Waals surface area contributed by atoms with Crippen molar-refractivity contribution in [3.05, 3.63) is 11.8 Å². The van der Waals surface area contributed by atoms with E-state index in [0.717, 1.165) is 5.96 Å². The van der Waals surface area contributed by atoms with Crippen molar-refractivity contribution in [1.29, 1.82) is 0 Å². The first-order chi connectivity index (χ1) is 7.04. The third kappa shape index (κ3) is 2.97. The average Bonchev–Trinajstić information content (AvgIpc) is 2.19. The topological polar surface area (TPSA) is 53.9 Å². The molecule has 0 aromatic heterocycles. The largest absolute Gasteiger partial charge is 0.466 e. The number of guanidine groups is 1. The summed E-state index contributed by atoms with van der Waals surface area (Å²) >= 11 is 0. The van der Waals surface area contributed by atoms with Gasteiger partial charge < -0.3 is 15.0 Å². The molecule has 0 saturated heterocycles. The lowest BCUT2D eigenvalue weighted by Crippen LogP contribution is -2.43. The molecule has 0 saturated carbocycles. The molecule has 1 aliphatic rings. The average molecular weight is 211 g/mol. The monoisotopic (exact) mass is 211 g/mol. The van der Waals surface area contributed by atoms with Crippen molar-refractivity contribution in [3.63, 3.8) is 0 Å². The molecule has 0 bridgehead atoms. The molecule has 0 unspecified atom stereocenters. The summed E-state index contributed by atoms with van der Waals surface area (Å²) in [5.74, 6) is 0.468. The number of methoxy groups -OCH3 is 1. The van der Waals surface area contributed by atoms with Crippen molar-refractivity contribution in [2.45, 2.75) is 19.9 Å². The van der Waals surface area contributed by atoms with E-state index in [9.17, 15) is 4.79 Å². The van der Waals surface area contributed by atoms with E-state index in [1.54, 1.807) is 6.20 Å². The SMILES string of the molecule is COC(=O)C1=CNC(=NC(C)C)N(C)C1. The van der Waals surface area contributed by atoms with Gasteiger partial charge in [0.1, 0.15) is 0 Å². The minimum Gasteiger partial charge on any atom is -0.466 e. The highest BCUT2D eigenvalue weighted by Crippen LogP contribution is 2.05. The van der Waals surface area contributed by atoms with Gasteiger partial charge in [0, 0.05) is 19.3 Å². The van der Waals surface area contributed by atoms with Crippen LogP contribution < -0.4 is 5.32 Å². The fourth-order valence-corrected chi connectivity index (χ4v) is 1.27. The van der Waals surface area contributed by atoms with E-state index < -0.39 is 0 Å². The molecular weight excluding hydrogens is 194 g/mol. The van der Waals surface area contributed by atoms with Gasteiger partial charge in [-0.2, -0.15) is 0 Å². The number of rotatable bonds is 2. The van der Waals surface area contributed by atoms with Gasteiger partial charge in [-0.1, -0.05) is 0 Å². The van der Waals surface area contributed by atoms with Crippen LogP contribution in [0.1, 0.15) is 13.8 Å². The molecule has 84 valence electrons. The Labute approximate surface area is 89.8 Å². The zero-order chi connectivity index (χ0) is 11.4. The molecule has 5 nitrogen and oxygen atoms in total. The molecule has 1 aliphatic heterocycles. The van der Waals surface area contributed by atoms with Gasteiger partial charge in [0.05, 0.1) is 19.2 Å². The first-order valence-electron chi connectivity index (χ1n) is 4.87. The Morgan fingerprint density at radius 2 is 2.33 bits per heavy atom. The smallest absolute Gasteiger partial charge is 0.337 e. The summed E-state index contributed by atoms with van der Waals surface area (Å²) in [6.07, 6.45) is 1.65. The number of carbonyl (C=O) groups is 1. The van der Waals surface area contributed by atoms with Gasteiger partial charge in [-0.05, 0) is 13.8 Å². The van der Waals surface area contributed by atoms with Crippen LogP contribution in [0.4, 0.5) is 0 Å². The highest BCUT2D eigenvalue weighted by Gasteiger charge is 2.19. The Balaban J connectivity index is 2.75. The molecule has 0 radical (unpaired) electrons. The van der Waals surface area contributed by atoms with Crippen LogP contribution in [0, 0.1) is 0 Å². The summed E-state index contributed by atoms with van der Waals surface area (Å²) < 4.78 is 4.64. The molecule has 5 heteroatoms. The third-order valence-corrected chi connectivity index (χ3v) is 1.97. The van der Waals surface area contributed by atoms with Gasteiger partial charge in [0.15, 0.2) is 5.96 Å². The van der Waals surface area contributed by atoms with Gasteiger partial charge in [0.2, 0.25) is 0 Å². The maximum atomic E-state index is 11.2. The Hall–Kier alpha value is -1.52. The summed E-state index contributed by atoms with van der Waals surface area (Å²) in [6, 6.07) is 0.225. The van der Waals surface area contributed by atoms with Crippen molar-refractivity contribution in [2.75, 3.05) is 20.7 Å². The quantitative estimate of drug-likeness (QED) is 0.669. The zero-order valence-electron chi connectivity index (χ0n) is 9.57. The maximum absolute atomic E-state index is 11.2. The molecule has 1 rings (SSSR count). The number of nitrogens with zero attached hydrogens (tertiary/aromatic N) is 2. The summed E-state index contributed by atoms with van der Waals surface area (Å²) in [6.45, 7) is 4.52. The molecule has 1 N–H and O–H groups in total. The Morgan fingerprint density at radius 1 is 1.67 bits per heavy atom. The lowest BCUT2D eigenvalue weighted by Gasteiger charge is -2.26. The molecule has 0 aromatic carbocycles. The van der Waals surface area contributed by atoms with Gasteiger partial charge in [0.25, 0.3) is 0 Å². The van der Waals surface area contributed by atoms with Gasteiger partial charge in [-0.3, -0.25) is 4.99 Å². The lowest BCUT2D eigenvalue weighted by atomic mass is 10.2. The zero-order valence-corrected chi connectivity index (χ0v) is 9.57. The molecule has 0 amide bonds. The third-order valence-electron chi connectivity index (χ3n) is 1.97. The first kappa shape index (κ1) is 11.6. The highest BCUT2D eigenvalue weighted by atomic mass is 16.5. The number of hydrogen-bond donors (Lipinski definition) is 1. The van der Waals surface area contributed by atoms with Crippen LogP contribution in [0.3, 0.4) is 0 Å². The van der Waals surface area contributed by atoms with E-state index in [-0.39, 0.29) is 12.0 Å².